The lowest BCUT2D eigenvalue weighted by Gasteiger charge is -2.31. The number of pyridine rings is 1. The number of hydrogen-bond donors (Lipinski definition) is 2. The molecule has 0 aliphatic carbocycles. The first-order valence-electron chi connectivity index (χ1n) is 7.81. The summed E-state index contributed by atoms with van der Waals surface area (Å²) in [5, 5.41) is 3.36. The van der Waals surface area contributed by atoms with Gasteiger partial charge < -0.3 is 15.0 Å². The number of amides is 1. The van der Waals surface area contributed by atoms with E-state index in [4.69, 9.17) is 4.74 Å². The minimum Gasteiger partial charge on any atom is -0.374 e. The van der Waals surface area contributed by atoms with E-state index in [9.17, 15) is 18.0 Å². The molecule has 1 aliphatic heterocycles. The molecule has 1 unspecified atom stereocenters. The molecule has 1 aromatic carbocycles. The first-order valence-corrected chi connectivity index (χ1v) is 9.66. The minimum absolute atomic E-state index is 0.159. The second kappa shape index (κ2) is 6.95. The Kier molecular flexibility index (Phi) is 4.89. The number of carbonyl (C=O) groups excluding carboxylic acids is 1. The topological polar surface area (TPSA) is 109 Å². The first-order chi connectivity index (χ1) is 11.8. The third kappa shape index (κ3) is 4.06. The Morgan fingerprint density at radius 3 is 2.92 bits per heavy atom. The van der Waals surface area contributed by atoms with Crippen molar-refractivity contribution in [1.29, 1.82) is 0 Å². The molecule has 1 aromatic heterocycles. The van der Waals surface area contributed by atoms with Crippen LogP contribution in [0.1, 0.15) is 10.4 Å². The van der Waals surface area contributed by atoms with Crippen LogP contribution in [0.3, 0.4) is 0 Å². The lowest BCUT2D eigenvalue weighted by molar-refractivity contribution is 0.000446. The molecule has 1 saturated heterocycles. The number of para-hydroxylation sites is 1. The smallest absolute Gasteiger partial charge is 0.252 e. The summed E-state index contributed by atoms with van der Waals surface area (Å²) in [7, 11) is -3.29. The average molecular weight is 365 g/mol. The van der Waals surface area contributed by atoms with Gasteiger partial charge in [0.25, 0.3) is 5.91 Å². The number of sulfonamides is 1. The zero-order valence-corrected chi connectivity index (χ0v) is 14.5. The maximum atomic E-state index is 12.5. The lowest BCUT2D eigenvalue weighted by Crippen LogP contribution is -2.49. The summed E-state index contributed by atoms with van der Waals surface area (Å²) < 4.78 is 30.1. The third-order valence-corrected chi connectivity index (χ3v) is 5.33. The molecule has 0 saturated carbocycles. The Labute approximate surface area is 144 Å². The highest BCUT2D eigenvalue weighted by molar-refractivity contribution is 7.88. The molecule has 2 N–H and O–H groups in total. The van der Waals surface area contributed by atoms with Crippen LogP contribution < -0.4 is 10.9 Å². The number of H-pyrrole nitrogens is 1. The van der Waals surface area contributed by atoms with Crippen LogP contribution in [-0.4, -0.2) is 62.2 Å². The Morgan fingerprint density at radius 2 is 2.16 bits per heavy atom. The summed E-state index contributed by atoms with van der Waals surface area (Å²) >= 11 is 0. The maximum Gasteiger partial charge on any atom is 0.252 e. The lowest BCUT2D eigenvalue weighted by atomic mass is 10.1. The molecule has 1 fully saturated rings. The van der Waals surface area contributed by atoms with Gasteiger partial charge in [0.15, 0.2) is 0 Å². The number of nitrogens with one attached hydrogen (secondary N) is 2. The Hall–Kier alpha value is -2.23. The van der Waals surface area contributed by atoms with E-state index in [1.807, 2.05) is 0 Å². The summed E-state index contributed by atoms with van der Waals surface area (Å²) in [6, 6.07) is 8.29. The molecular formula is C16H19N3O5S. The molecule has 2 aromatic rings. The van der Waals surface area contributed by atoms with Crippen LogP contribution in [0.15, 0.2) is 35.1 Å². The number of benzene rings is 1. The predicted octanol–water partition coefficient (Wildman–Crippen LogP) is -0.0817. The number of carbonyl (C=O) groups is 1. The van der Waals surface area contributed by atoms with E-state index in [0.717, 1.165) is 6.26 Å². The van der Waals surface area contributed by atoms with Gasteiger partial charge in [0.2, 0.25) is 15.6 Å². The number of aromatic nitrogens is 1. The van der Waals surface area contributed by atoms with Crippen LogP contribution in [0.5, 0.6) is 0 Å². The van der Waals surface area contributed by atoms with E-state index < -0.39 is 22.0 Å². The standard InChI is InChI=1S/C16H19N3O5S/c1-25(22,23)19-6-7-24-11(10-19)9-17-16(21)13-8-15(20)18-14-5-3-2-4-12(13)14/h2-5,8,11H,6-7,9-10H2,1H3,(H,17,21)(H,18,20). The summed E-state index contributed by atoms with van der Waals surface area (Å²) in [6.45, 7) is 0.935. The zero-order chi connectivity index (χ0) is 18.0. The molecule has 0 radical (unpaired) electrons. The molecule has 8 nitrogen and oxygen atoms in total. The molecule has 1 atom stereocenters. The van der Waals surface area contributed by atoms with Gasteiger partial charge in [-0.05, 0) is 6.07 Å². The average Bonchev–Trinajstić information content (AvgIpc) is 2.58. The summed E-state index contributed by atoms with van der Waals surface area (Å²) in [4.78, 5) is 26.9. The fourth-order valence-electron chi connectivity index (χ4n) is 2.81. The molecule has 9 heteroatoms. The second-order valence-corrected chi connectivity index (χ2v) is 7.90. The highest BCUT2D eigenvalue weighted by atomic mass is 32.2. The van der Waals surface area contributed by atoms with Crippen molar-refractivity contribution in [2.75, 3.05) is 32.5 Å². The zero-order valence-electron chi connectivity index (χ0n) is 13.7. The number of morpholine rings is 1. The number of rotatable bonds is 4. The van der Waals surface area contributed by atoms with E-state index in [1.165, 1.54) is 10.4 Å². The summed E-state index contributed by atoms with van der Waals surface area (Å²) in [5.74, 6) is -0.401. The summed E-state index contributed by atoms with van der Waals surface area (Å²) in [6.07, 6.45) is 0.719. The van der Waals surface area contributed by atoms with Crippen LogP contribution in [-0.2, 0) is 14.8 Å². The molecule has 134 valence electrons. The van der Waals surface area contributed by atoms with Crippen molar-refractivity contribution >= 4 is 26.8 Å². The largest absolute Gasteiger partial charge is 0.374 e. The van der Waals surface area contributed by atoms with Gasteiger partial charge in [0.1, 0.15) is 0 Å². The van der Waals surface area contributed by atoms with Crippen molar-refractivity contribution in [3.8, 4) is 0 Å². The quantitative estimate of drug-likeness (QED) is 0.788. The highest BCUT2D eigenvalue weighted by Crippen LogP contribution is 2.14. The molecule has 3 rings (SSSR count). The fourth-order valence-corrected chi connectivity index (χ4v) is 3.65. The first kappa shape index (κ1) is 17.6. The monoisotopic (exact) mass is 365 g/mol. The van der Waals surface area contributed by atoms with Crippen molar-refractivity contribution in [2.24, 2.45) is 0 Å². The van der Waals surface area contributed by atoms with Gasteiger partial charge in [-0.3, -0.25) is 9.59 Å². The number of ether oxygens (including phenoxy) is 1. The third-order valence-electron chi connectivity index (χ3n) is 4.06. The van der Waals surface area contributed by atoms with Crippen LogP contribution >= 0.6 is 0 Å². The molecular weight excluding hydrogens is 346 g/mol. The predicted molar refractivity (Wildman–Crippen MR) is 93.1 cm³/mol. The van der Waals surface area contributed by atoms with Crippen molar-refractivity contribution in [3.05, 3.63) is 46.2 Å². The van der Waals surface area contributed by atoms with Gasteiger partial charge in [0.05, 0.1) is 24.5 Å². The molecule has 0 bridgehead atoms. The fraction of sp³-hybridized carbons (Fsp3) is 0.375. The maximum absolute atomic E-state index is 12.5. The number of aromatic amines is 1. The molecule has 1 aliphatic rings. The van der Waals surface area contributed by atoms with Crippen molar-refractivity contribution in [3.63, 3.8) is 0 Å². The Balaban J connectivity index is 1.72. The van der Waals surface area contributed by atoms with Crippen LogP contribution in [0.25, 0.3) is 10.9 Å². The molecule has 0 spiro atoms. The van der Waals surface area contributed by atoms with Gasteiger partial charge in [-0.1, -0.05) is 18.2 Å². The van der Waals surface area contributed by atoms with E-state index >= 15 is 0 Å². The van der Waals surface area contributed by atoms with Gasteiger partial charge in [-0.25, -0.2) is 8.42 Å². The van der Waals surface area contributed by atoms with Crippen LogP contribution in [0.4, 0.5) is 0 Å². The van der Waals surface area contributed by atoms with Gasteiger partial charge >= 0.3 is 0 Å². The molecule has 1 amide bonds. The molecule has 2 heterocycles. The van der Waals surface area contributed by atoms with E-state index in [-0.39, 0.29) is 30.8 Å². The second-order valence-electron chi connectivity index (χ2n) is 5.92. The molecule has 25 heavy (non-hydrogen) atoms. The van der Waals surface area contributed by atoms with Gasteiger partial charge in [0, 0.05) is 36.6 Å². The Bertz CT molecular complexity index is 954. The normalized spacial score (nSPS) is 19.0. The highest BCUT2D eigenvalue weighted by Gasteiger charge is 2.27. The van der Waals surface area contributed by atoms with Gasteiger partial charge in [-0.15, -0.1) is 0 Å². The minimum atomic E-state index is -3.29. The van der Waals surface area contributed by atoms with Crippen molar-refractivity contribution < 1.29 is 17.9 Å². The number of hydrogen-bond acceptors (Lipinski definition) is 5. The number of fused-ring (bicyclic) bond motifs is 1. The van der Waals surface area contributed by atoms with Crippen molar-refractivity contribution in [2.45, 2.75) is 6.10 Å². The van der Waals surface area contributed by atoms with E-state index in [1.54, 1.807) is 24.3 Å². The van der Waals surface area contributed by atoms with Crippen LogP contribution in [0.2, 0.25) is 0 Å². The van der Waals surface area contributed by atoms with Crippen LogP contribution in [0, 0.1) is 0 Å². The van der Waals surface area contributed by atoms with E-state index in [0.29, 0.717) is 17.4 Å². The van der Waals surface area contributed by atoms with Crippen molar-refractivity contribution in [1.82, 2.24) is 14.6 Å². The SMILES string of the molecule is CS(=O)(=O)N1CCOC(CNC(=O)c2cc(=O)[nH]c3ccccc23)C1. The van der Waals surface area contributed by atoms with Gasteiger partial charge in [-0.2, -0.15) is 4.31 Å². The summed E-state index contributed by atoms with van der Waals surface area (Å²) in [5.41, 5.74) is 0.494. The Morgan fingerprint density at radius 1 is 1.40 bits per heavy atom. The van der Waals surface area contributed by atoms with E-state index in [2.05, 4.69) is 10.3 Å². The number of nitrogens with zero attached hydrogens (tertiary/aromatic N) is 1.